The summed E-state index contributed by atoms with van der Waals surface area (Å²) in [4.78, 5) is 11.2. The Morgan fingerprint density at radius 1 is 1.31 bits per heavy atom. The molecule has 0 aliphatic carbocycles. The molecule has 0 bridgehead atoms. The van der Waals surface area contributed by atoms with E-state index in [4.69, 9.17) is 4.74 Å². The van der Waals surface area contributed by atoms with Gasteiger partial charge in [0.05, 0.1) is 12.2 Å². The number of esters is 1. The van der Waals surface area contributed by atoms with Gasteiger partial charge < -0.3 is 4.74 Å². The summed E-state index contributed by atoms with van der Waals surface area (Å²) in [6.07, 6.45) is 0.860. The predicted molar refractivity (Wildman–Crippen MR) is 54.2 cm³/mol. The summed E-state index contributed by atoms with van der Waals surface area (Å²) < 4.78 is 4.94. The number of ether oxygens (including phenoxy) is 1. The molecule has 0 saturated carbocycles. The molecular weight excluding hydrogens is 175 g/mol. The molecular formula is C10H13NaO2. The average molecular weight is 188 g/mol. The number of hydrogen-bond donors (Lipinski definition) is 0. The zero-order chi connectivity index (χ0) is 8.81. The van der Waals surface area contributed by atoms with E-state index in [0.717, 1.165) is 6.42 Å². The molecule has 66 valence electrons. The molecule has 0 atom stereocenters. The summed E-state index contributed by atoms with van der Waals surface area (Å²) in [5, 5.41) is 0. The molecule has 0 saturated heterocycles. The van der Waals surface area contributed by atoms with Gasteiger partial charge >= 0.3 is 35.5 Å². The molecule has 0 aliphatic rings. The molecule has 0 spiro atoms. The van der Waals surface area contributed by atoms with E-state index in [9.17, 15) is 4.79 Å². The quantitative estimate of drug-likeness (QED) is 0.532. The first-order chi connectivity index (χ1) is 5.84. The zero-order valence-corrected chi connectivity index (χ0v) is 7.12. The predicted octanol–water partition coefficient (Wildman–Crippen LogP) is 1.60. The van der Waals surface area contributed by atoms with Crippen LogP contribution in [0.4, 0.5) is 0 Å². The van der Waals surface area contributed by atoms with Gasteiger partial charge in [0.25, 0.3) is 0 Å². The van der Waals surface area contributed by atoms with Crippen LogP contribution in [0.3, 0.4) is 0 Å². The first kappa shape index (κ1) is 12.7. The van der Waals surface area contributed by atoms with E-state index in [2.05, 4.69) is 0 Å². The standard InChI is InChI=1S/C10H12O2.Na.H/c1-2-8-12-10(11)9-6-4-3-5-7-9;;/h3-7H,2,8H2,1H3;;. The van der Waals surface area contributed by atoms with Crippen molar-refractivity contribution in [3.63, 3.8) is 0 Å². The van der Waals surface area contributed by atoms with Gasteiger partial charge in [0, 0.05) is 0 Å². The molecule has 0 N–H and O–H groups in total. The van der Waals surface area contributed by atoms with E-state index < -0.39 is 0 Å². The van der Waals surface area contributed by atoms with Crippen LogP contribution in [0.15, 0.2) is 30.3 Å². The second kappa shape index (κ2) is 7.13. The van der Waals surface area contributed by atoms with Crippen LogP contribution in [0.5, 0.6) is 0 Å². The number of carbonyl (C=O) groups excluding carboxylic acids is 1. The van der Waals surface area contributed by atoms with Crippen molar-refractivity contribution in [2.24, 2.45) is 0 Å². The maximum absolute atomic E-state index is 11.2. The van der Waals surface area contributed by atoms with Crippen LogP contribution in [-0.2, 0) is 4.74 Å². The van der Waals surface area contributed by atoms with Crippen molar-refractivity contribution in [1.29, 1.82) is 0 Å². The molecule has 0 radical (unpaired) electrons. The van der Waals surface area contributed by atoms with Crippen molar-refractivity contribution in [1.82, 2.24) is 0 Å². The number of carbonyl (C=O) groups is 1. The molecule has 3 heteroatoms. The third kappa shape index (κ3) is 4.46. The summed E-state index contributed by atoms with van der Waals surface area (Å²) >= 11 is 0. The van der Waals surface area contributed by atoms with Gasteiger partial charge in [-0.1, -0.05) is 25.1 Å². The maximum atomic E-state index is 11.2. The molecule has 0 aliphatic heterocycles. The summed E-state index contributed by atoms with van der Waals surface area (Å²) in [6.45, 7) is 2.46. The fourth-order valence-corrected chi connectivity index (χ4v) is 0.852. The first-order valence-electron chi connectivity index (χ1n) is 4.06. The molecule has 1 aromatic rings. The second-order valence-corrected chi connectivity index (χ2v) is 2.50. The van der Waals surface area contributed by atoms with Gasteiger partial charge in [-0.3, -0.25) is 0 Å². The summed E-state index contributed by atoms with van der Waals surface area (Å²) in [6, 6.07) is 9.01. The van der Waals surface area contributed by atoms with Crippen molar-refractivity contribution in [3.05, 3.63) is 35.9 Å². The van der Waals surface area contributed by atoms with E-state index in [-0.39, 0.29) is 35.5 Å². The SMILES string of the molecule is CCCOC(=O)c1ccccc1.[NaH]. The van der Waals surface area contributed by atoms with Gasteiger partial charge in [-0.2, -0.15) is 0 Å². The van der Waals surface area contributed by atoms with E-state index in [1.807, 2.05) is 25.1 Å². The Labute approximate surface area is 101 Å². The minimum atomic E-state index is -0.238. The molecule has 0 heterocycles. The molecule has 2 nitrogen and oxygen atoms in total. The minimum absolute atomic E-state index is 0. The number of rotatable bonds is 3. The van der Waals surface area contributed by atoms with Crippen LogP contribution >= 0.6 is 0 Å². The second-order valence-electron chi connectivity index (χ2n) is 2.50. The molecule has 1 rings (SSSR count). The van der Waals surface area contributed by atoms with Gasteiger partial charge in [-0.25, -0.2) is 4.79 Å². The van der Waals surface area contributed by atoms with Crippen molar-refractivity contribution >= 4 is 35.5 Å². The molecule has 0 fully saturated rings. The molecule has 13 heavy (non-hydrogen) atoms. The average Bonchev–Trinajstić information content (AvgIpc) is 2.15. The van der Waals surface area contributed by atoms with E-state index in [1.165, 1.54) is 0 Å². The molecule has 0 amide bonds. The number of benzene rings is 1. The third-order valence-electron chi connectivity index (χ3n) is 1.45. The summed E-state index contributed by atoms with van der Waals surface area (Å²) in [5.74, 6) is -0.238. The summed E-state index contributed by atoms with van der Waals surface area (Å²) in [5.41, 5.74) is 0.617. The van der Waals surface area contributed by atoms with Gasteiger partial charge in [-0.15, -0.1) is 0 Å². The third-order valence-corrected chi connectivity index (χ3v) is 1.45. The fraction of sp³-hybridized carbons (Fsp3) is 0.300. The molecule has 1 aromatic carbocycles. The Kier molecular flexibility index (Phi) is 6.96. The Bertz CT molecular complexity index is 246. The normalized spacial score (nSPS) is 8.69. The van der Waals surface area contributed by atoms with Crippen LogP contribution in [0, 0.1) is 0 Å². The Balaban J connectivity index is 0.00000144. The van der Waals surface area contributed by atoms with Gasteiger partial charge in [0.1, 0.15) is 0 Å². The Morgan fingerprint density at radius 3 is 2.46 bits per heavy atom. The van der Waals surface area contributed by atoms with Gasteiger partial charge in [0.2, 0.25) is 0 Å². The van der Waals surface area contributed by atoms with E-state index in [1.54, 1.807) is 12.1 Å². The Hall–Kier alpha value is -0.310. The van der Waals surface area contributed by atoms with Gasteiger partial charge in [-0.05, 0) is 18.6 Å². The van der Waals surface area contributed by atoms with Gasteiger partial charge in [0.15, 0.2) is 0 Å². The van der Waals surface area contributed by atoms with E-state index >= 15 is 0 Å². The Morgan fingerprint density at radius 2 is 1.92 bits per heavy atom. The fourth-order valence-electron chi connectivity index (χ4n) is 0.852. The van der Waals surface area contributed by atoms with Crippen molar-refractivity contribution in [3.8, 4) is 0 Å². The van der Waals surface area contributed by atoms with Crippen molar-refractivity contribution in [2.45, 2.75) is 13.3 Å². The zero-order valence-electron chi connectivity index (χ0n) is 7.12. The monoisotopic (exact) mass is 188 g/mol. The van der Waals surface area contributed by atoms with Crippen LogP contribution < -0.4 is 0 Å². The van der Waals surface area contributed by atoms with Crippen LogP contribution in [0.1, 0.15) is 23.7 Å². The van der Waals surface area contributed by atoms with Crippen molar-refractivity contribution in [2.75, 3.05) is 6.61 Å². The molecule has 0 unspecified atom stereocenters. The van der Waals surface area contributed by atoms with Crippen LogP contribution in [-0.4, -0.2) is 42.1 Å². The first-order valence-corrected chi connectivity index (χ1v) is 4.06. The summed E-state index contributed by atoms with van der Waals surface area (Å²) in [7, 11) is 0. The van der Waals surface area contributed by atoms with Crippen LogP contribution in [0.25, 0.3) is 0 Å². The molecule has 0 aromatic heterocycles. The van der Waals surface area contributed by atoms with Crippen LogP contribution in [0.2, 0.25) is 0 Å². The topological polar surface area (TPSA) is 26.3 Å². The van der Waals surface area contributed by atoms with E-state index in [0.29, 0.717) is 12.2 Å². The number of hydrogen-bond acceptors (Lipinski definition) is 2. The van der Waals surface area contributed by atoms with Crippen molar-refractivity contribution < 1.29 is 9.53 Å².